The van der Waals surface area contributed by atoms with Crippen LogP contribution in [0.4, 0.5) is 4.79 Å². The lowest BCUT2D eigenvalue weighted by Crippen LogP contribution is -2.18. The van der Waals surface area contributed by atoms with Crippen LogP contribution in [0.5, 0.6) is 0 Å². The summed E-state index contributed by atoms with van der Waals surface area (Å²) < 4.78 is 20.2. The molecule has 0 amide bonds. The molecule has 1 aromatic rings. The van der Waals surface area contributed by atoms with Crippen molar-refractivity contribution in [2.24, 2.45) is 0 Å². The van der Waals surface area contributed by atoms with E-state index in [-0.39, 0.29) is 10.9 Å². The molecule has 0 aliphatic rings. The number of carboxylic acid groups (broad SMARTS) is 1. The standard InChI is InChI=1S/C10H11O7P/c1-16-10(13)17-18(14,15)8-5-3-2-4-7(8)6-9(11)12/h2-5H,6H2,1H3,(H,11,12)(H,14,15). The molecule has 7 nitrogen and oxygen atoms in total. The summed E-state index contributed by atoms with van der Waals surface area (Å²) in [7, 11) is -3.46. The third kappa shape index (κ3) is 3.58. The average molecular weight is 274 g/mol. The second kappa shape index (κ2) is 5.66. The highest BCUT2D eigenvalue weighted by atomic mass is 31.2. The first-order chi connectivity index (χ1) is 8.36. The summed E-state index contributed by atoms with van der Waals surface area (Å²) in [5.74, 6) is -1.17. The summed E-state index contributed by atoms with van der Waals surface area (Å²) in [6.45, 7) is 0. The first kappa shape index (κ1) is 14.2. The van der Waals surface area contributed by atoms with Crippen LogP contribution < -0.4 is 5.30 Å². The van der Waals surface area contributed by atoms with E-state index in [9.17, 15) is 19.0 Å². The molecule has 8 heteroatoms. The Balaban J connectivity index is 3.11. The number of methoxy groups -OCH3 is 1. The molecule has 98 valence electrons. The van der Waals surface area contributed by atoms with Crippen molar-refractivity contribution in [3.05, 3.63) is 29.8 Å². The van der Waals surface area contributed by atoms with Crippen LogP contribution in [0.1, 0.15) is 5.56 Å². The van der Waals surface area contributed by atoms with Gasteiger partial charge < -0.3 is 19.3 Å². The van der Waals surface area contributed by atoms with Gasteiger partial charge in [0.2, 0.25) is 0 Å². The van der Waals surface area contributed by atoms with E-state index in [0.29, 0.717) is 0 Å². The van der Waals surface area contributed by atoms with Crippen molar-refractivity contribution < 1.29 is 33.4 Å². The lowest BCUT2D eigenvalue weighted by atomic mass is 10.1. The molecule has 18 heavy (non-hydrogen) atoms. The maximum atomic E-state index is 11.8. The molecule has 0 aromatic heterocycles. The van der Waals surface area contributed by atoms with E-state index in [1.54, 1.807) is 0 Å². The molecule has 1 unspecified atom stereocenters. The molecule has 1 atom stereocenters. The third-order valence-corrected chi connectivity index (χ3v) is 3.44. The summed E-state index contributed by atoms with van der Waals surface area (Å²) in [4.78, 5) is 31.1. The predicted octanol–water partition coefficient (Wildman–Crippen LogP) is 0.907. The Labute approximate surface area is 102 Å². The summed E-state index contributed by atoms with van der Waals surface area (Å²) in [5, 5.41) is 8.44. The second-order valence-corrected chi connectivity index (χ2v) is 4.97. The molecule has 1 aromatic carbocycles. The number of hydrogen-bond donors (Lipinski definition) is 2. The minimum absolute atomic E-state index is 0.0970. The molecular weight excluding hydrogens is 263 g/mol. The molecule has 0 heterocycles. The van der Waals surface area contributed by atoms with E-state index >= 15 is 0 Å². The van der Waals surface area contributed by atoms with E-state index in [2.05, 4.69) is 9.26 Å². The molecular formula is C10H11O7P. The van der Waals surface area contributed by atoms with Crippen LogP contribution in [-0.2, 0) is 25.0 Å². The topological polar surface area (TPSA) is 110 Å². The lowest BCUT2D eigenvalue weighted by Gasteiger charge is -2.13. The van der Waals surface area contributed by atoms with Crippen LogP contribution in [0.3, 0.4) is 0 Å². The molecule has 0 bridgehead atoms. The van der Waals surface area contributed by atoms with Gasteiger partial charge in [0.25, 0.3) is 0 Å². The van der Waals surface area contributed by atoms with Crippen LogP contribution in [0.25, 0.3) is 0 Å². The number of carbonyl (C=O) groups excluding carboxylic acids is 1. The summed E-state index contributed by atoms with van der Waals surface area (Å²) in [6.07, 6.45) is -1.77. The van der Waals surface area contributed by atoms with Gasteiger partial charge in [-0.3, -0.25) is 4.79 Å². The molecule has 0 saturated carbocycles. The van der Waals surface area contributed by atoms with Crippen LogP contribution >= 0.6 is 7.60 Å². The minimum Gasteiger partial charge on any atom is -0.481 e. The normalized spacial score (nSPS) is 13.4. The molecule has 1 rings (SSSR count). The predicted molar refractivity (Wildman–Crippen MR) is 60.7 cm³/mol. The van der Waals surface area contributed by atoms with Crippen molar-refractivity contribution in [3.8, 4) is 0 Å². The van der Waals surface area contributed by atoms with Gasteiger partial charge in [0, 0.05) is 0 Å². The maximum absolute atomic E-state index is 11.8. The van der Waals surface area contributed by atoms with Crippen LogP contribution in [-0.4, -0.2) is 29.2 Å². The molecule has 0 aliphatic heterocycles. The highest BCUT2D eigenvalue weighted by Gasteiger charge is 2.30. The van der Waals surface area contributed by atoms with E-state index in [0.717, 1.165) is 7.11 Å². The summed E-state index contributed by atoms with van der Waals surface area (Å²) in [6, 6.07) is 5.54. The molecule has 0 saturated heterocycles. The van der Waals surface area contributed by atoms with Gasteiger partial charge >= 0.3 is 19.7 Å². The van der Waals surface area contributed by atoms with Gasteiger partial charge in [-0.15, -0.1) is 0 Å². The van der Waals surface area contributed by atoms with Gasteiger partial charge in [0.05, 0.1) is 18.8 Å². The van der Waals surface area contributed by atoms with Crippen molar-refractivity contribution in [2.45, 2.75) is 6.42 Å². The summed E-state index contributed by atoms with van der Waals surface area (Å²) >= 11 is 0. The highest BCUT2D eigenvalue weighted by Crippen LogP contribution is 2.42. The van der Waals surface area contributed by atoms with Gasteiger partial charge in [0.1, 0.15) is 0 Å². The Kier molecular flexibility index (Phi) is 4.47. The number of carboxylic acids is 1. The van der Waals surface area contributed by atoms with Gasteiger partial charge in [0.15, 0.2) is 0 Å². The first-order valence-electron chi connectivity index (χ1n) is 4.77. The van der Waals surface area contributed by atoms with Crippen LogP contribution in [0.15, 0.2) is 24.3 Å². The Bertz CT molecular complexity index is 511. The summed E-state index contributed by atoms with van der Waals surface area (Å²) in [5.41, 5.74) is 0.0970. The number of rotatable bonds is 4. The fraction of sp³-hybridized carbons (Fsp3) is 0.200. The minimum atomic E-state index is -4.45. The highest BCUT2D eigenvalue weighted by molar-refractivity contribution is 7.61. The monoisotopic (exact) mass is 274 g/mol. The number of ether oxygens (including phenoxy) is 1. The Hall–Kier alpha value is -1.85. The zero-order valence-electron chi connectivity index (χ0n) is 9.40. The van der Waals surface area contributed by atoms with Crippen LogP contribution in [0.2, 0.25) is 0 Å². The number of hydrogen-bond acceptors (Lipinski definition) is 5. The average Bonchev–Trinajstić information content (AvgIpc) is 2.28. The third-order valence-electron chi connectivity index (χ3n) is 2.00. The molecule has 0 radical (unpaired) electrons. The Morgan fingerprint density at radius 3 is 2.50 bits per heavy atom. The van der Waals surface area contributed by atoms with Crippen molar-refractivity contribution in [1.29, 1.82) is 0 Å². The van der Waals surface area contributed by atoms with Gasteiger partial charge in [-0.1, -0.05) is 18.2 Å². The molecule has 0 spiro atoms. The van der Waals surface area contributed by atoms with E-state index in [4.69, 9.17) is 5.11 Å². The largest absolute Gasteiger partial charge is 0.514 e. The van der Waals surface area contributed by atoms with E-state index in [1.807, 2.05) is 0 Å². The number of benzene rings is 1. The smallest absolute Gasteiger partial charge is 0.481 e. The molecule has 0 aliphatic carbocycles. The second-order valence-electron chi connectivity index (χ2n) is 3.27. The zero-order valence-corrected chi connectivity index (χ0v) is 10.3. The van der Waals surface area contributed by atoms with E-state index in [1.165, 1.54) is 24.3 Å². The maximum Gasteiger partial charge on any atom is 0.514 e. The van der Waals surface area contributed by atoms with Crippen molar-refractivity contribution in [3.63, 3.8) is 0 Å². The van der Waals surface area contributed by atoms with Gasteiger partial charge in [-0.05, 0) is 11.6 Å². The number of aliphatic carboxylic acids is 1. The number of carbonyl (C=O) groups is 2. The van der Waals surface area contributed by atoms with Crippen molar-refractivity contribution >= 4 is 25.0 Å². The Morgan fingerprint density at radius 1 is 1.33 bits per heavy atom. The van der Waals surface area contributed by atoms with Gasteiger partial charge in [-0.2, -0.15) is 0 Å². The molecule has 0 fully saturated rings. The fourth-order valence-electron chi connectivity index (χ4n) is 1.29. The SMILES string of the molecule is COC(=O)OP(=O)(O)c1ccccc1CC(=O)O. The quantitative estimate of drug-likeness (QED) is 0.620. The van der Waals surface area contributed by atoms with Crippen LogP contribution in [0, 0.1) is 0 Å². The van der Waals surface area contributed by atoms with Gasteiger partial charge in [-0.25, -0.2) is 9.36 Å². The fourth-order valence-corrected chi connectivity index (χ4v) is 2.45. The van der Waals surface area contributed by atoms with Crippen molar-refractivity contribution in [2.75, 3.05) is 7.11 Å². The van der Waals surface area contributed by atoms with E-state index < -0.39 is 26.1 Å². The Morgan fingerprint density at radius 2 is 1.94 bits per heavy atom. The lowest BCUT2D eigenvalue weighted by molar-refractivity contribution is -0.136. The van der Waals surface area contributed by atoms with Crippen molar-refractivity contribution in [1.82, 2.24) is 0 Å². The zero-order chi connectivity index (χ0) is 13.8. The molecule has 2 N–H and O–H groups in total. The first-order valence-corrected chi connectivity index (χ1v) is 6.35.